The standard InChI is InChI=1S/2C4H8O2.BH3/c2*1-2-3-4(5)6;/h2*2-3H2,1H3,(H,5,6);1H3. The summed E-state index contributed by atoms with van der Waals surface area (Å²) in [7, 11) is 0. The maximum absolute atomic E-state index is 9.60. The van der Waals surface area contributed by atoms with Crippen molar-refractivity contribution >= 4 is 20.4 Å². The largest absolute Gasteiger partial charge is 0.481 e. The van der Waals surface area contributed by atoms with Crippen LogP contribution in [0.15, 0.2) is 0 Å². The van der Waals surface area contributed by atoms with Crippen LogP contribution in [0.3, 0.4) is 0 Å². The minimum absolute atomic E-state index is 0. The van der Waals surface area contributed by atoms with Crippen molar-refractivity contribution in [1.82, 2.24) is 0 Å². The fraction of sp³-hybridized carbons (Fsp3) is 0.750. The molecule has 0 radical (unpaired) electrons. The molecule has 13 heavy (non-hydrogen) atoms. The van der Waals surface area contributed by atoms with Gasteiger partial charge in [-0.3, -0.25) is 9.59 Å². The number of carboxylic acids is 2. The molecule has 4 nitrogen and oxygen atoms in total. The van der Waals surface area contributed by atoms with Crippen molar-refractivity contribution in [3.63, 3.8) is 0 Å². The van der Waals surface area contributed by atoms with E-state index in [0.717, 1.165) is 12.8 Å². The molecule has 0 aromatic carbocycles. The van der Waals surface area contributed by atoms with Gasteiger partial charge in [-0.1, -0.05) is 13.8 Å². The Labute approximate surface area is 80.5 Å². The van der Waals surface area contributed by atoms with Crippen LogP contribution in [0.1, 0.15) is 39.5 Å². The second kappa shape index (κ2) is 13.6. The molecule has 0 saturated carbocycles. The first-order valence-electron chi connectivity index (χ1n) is 3.98. The van der Waals surface area contributed by atoms with Crippen LogP contribution >= 0.6 is 0 Å². The third kappa shape index (κ3) is 35.6. The lowest BCUT2D eigenvalue weighted by molar-refractivity contribution is -0.138. The minimum atomic E-state index is -0.711. The van der Waals surface area contributed by atoms with Gasteiger partial charge in [0.25, 0.3) is 0 Å². The van der Waals surface area contributed by atoms with Crippen LogP contribution in [-0.2, 0) is 9.59 Å². The zero-order valence-electron chi connectivity index (χ0n) is 7.54. The van der Waals surface area contributed by atoms with Gasteiger partial charge in [0, 0.05) is 12.8 Å². The van der Waals surface area contributed by atoms with E-state index in [2.05, 4.69) is 0 Å². The van der Waals surface area contributed by atoms with Gasteiger partial charge in [0.1, 0.15) is 0 Å². The first-order chi connectivity index (χ1) is 5.54. The predicted molar refractivity (Wildman–Crippen MR) is 55.0 cm³/mol. The monoisotopic (exact) mass is 190 g/mol. The average molecular weight is 190 g/mol. The molecule has 0 aromatic heterocycles. The highest BCUT2D eigenvalue weighted by molar-refractivity contribution is 5.75. The van der Waals surface area contributed by atoms with Crippen LogP contribution < -0.4 is 0 Å². The fourth-order valence-electron chi connectivity index (χ4n) is 0.428. The van der Waals surface area contributed by atoms with Gasteiger partial charge in [0.2, 0.25) is 0 Å². The molecule has 78 valence electrons. The summed E-state index contributed by atoms with van der Waals surface area (Å²) in [6.45, 7) is 3.68. The van der Waals surface area contributed by atoms with Crippen LogP contribution in [-0.4, -0.2) is 30.6 Å². The van der Waals surface area contributed by atoms with E-state index in [-0.39, 0.29) is 8.41 Å². The lowest BCUT2D eigenvalue weighted by Crippen LogP contribution is -1.90. The summed E-state index contributed by atoms with van der Waals surface area (Å²) in [5.74, 6) is -1.42. The molecule has 5 heteroatoms. The van der Waals surface area contributed by atoms with Crippen molar-refractivity contribution in [3.05, 3.63) is 0 Å². The van der Waals surface area contributed by atoms with E-state index in [1.807, 2.05) is 13.8 Å². The SMILES string of the molecule is B.CCCC(=O)O.CCCC(=O)O. The van der Waals surface area contributed by atoms with Gasteiger partial charge in [0.15, 0.2) is 0 Å². The molecular formula is C8H19BO4. The highest BCUT2D eigenvalue weighted by Gasteiger charge is 1.88. The Balaban J connectivity index is -0.000000143. The molecule has 0 heterocycles. The van der Waals surface area contributed by atoms with E-state index in [9.17, 15) is 9.59 Å². The van der Waals surface area contributed by atoms with Crippen LogP contribution in [0.2, 0.25) is 0 Å². The topological polar surface area (TPSA) is 74.6 Å². The summed E-state index contributed by atoms with van der Waals surface area (Å²) in [4.78, 5) is 19.2. The van der Waals surface area contributed by atoms with Gasteiger partial charge in [0.05, 0.1) is 8.41 Å². The van der Waals surface area contributed by atoms with Crippen molar-refractivity contribution in [1.29, 1.82) is 0 Å². The molecule has 0 saturated heterocycles. The number of hydrogen-bond acceptors (Lipinski definition) is 2. The number of carbonyl (C=O) groups is 2. The normalized spacial score (nSPS) is 7.54. The van der Waals surface area contributed by atoms with Gasteiger partial charge < -0.3 is 10.2 Å². The van der Waals surface area contributed by atoms with Gasteiger partial charge in [-0.2, -0.15) is 0 Å². The molecule has 0 fully saturated rings. The highest BCUT2D eigenvalue weighted by atomic mass is 16.4. The van der Waals surface area contributed by atoms with Crippen LogP contribution in [0.25, 0.3) is 0 Å². The summed E-state index contributed by atoms with van der Waals surface area (Å²) in [6, 6.07) is 0. The first kappa shape index (κ1) is 17.9. The zero-order chi connectivity index (χ0) is 9.98. The Kier molecular flexibility index (Phi) is 18.7. The Morgan fingerprint density at radius 2 is 1.15 bits per heavy atom. The second-order valence-corrected chi connectivity index (χ2v) is 2.29. The molecule has 0 aliphatic heterocycles. The molecule has 0 rings (SSSR count). The number of aliphatic carboxylic acids is 2. The van der Waals surface area contributed by atoms with Crippen molar-refractivity contribution in [2.75, 3.05) is 0 Å². The van der Waals surface area contributed by atoms with Gasteiger partial charge in [-0.25, -0.2) is 0 Å². The molecular weight excluding hydrogens is 171 g/mol. The third-order valence-corrected chi connectivity index (χ3v) is 0.928. The van der Waals surface area contributed by atoms with Crippen molar-refractivity contribution in [2.24, 2.45) is 0 Å². The highest BCUT2D eigenvalue weighted by Crippen LogP contribution is 1.82. The molecule has 0 amide bonds. The van der Waals surface area contributed by atoms with E-state index >= 15 is 0 Å². The second-order valence-electron chi connectivity index (χ2n) is 2.29. The Morgan fingerprint density at radius 1 is 0.923 bits per heavy atom. The van der Waals surface area contributed by atoms with Gasteiger partial charge in [-0.05, 0) is 12.8 Å². The number of rotatable bonds is 4. The molecule has 0 bridgehead atoms. The average Bonchev–Trinajstić information content (AvgIpc) is 1.87. The summed E-state index contributed by atoms with van der Waals surface area (Å²) < 4.78 is 0. The van der Waals surface area contributed by atoms with Crippen LogP contribution in [0.5, 0.6) is 0 Å². The van der Waals surface area contributed by atoms with E-state index in [4.69, 9.17) is 10.2 Å². The third-order valence-electron chi connectivity index (χ3n) is 0.928. The van der Waals surface area contributed by atoms with E-state index < -0.39 is 11.9 Å². The molecule has 2 N–H and O–H groups in total. The minimum Gasteiger partial charge on any atom is -0.481 e. The summed E-state index contributed by atoms with van der Waals surface area (Å²) in [5.41, 5.74) is 0. The predicted octanol–water partition coefficient (Wildman–Crippen LogP) is 0.558. The van der Waals surface area contributed by atoms with Crippen molar-refractivity contribution in [3.8, 4) is 0 Å². The van der Waals surface area contributed by atoms with E-state index in [0.29, 0.717) is 12.8 Å². The number of carboxylic acid groups (broad SMARTS) is 2. The Morgan fingerprint density at radius 3 is 1.15 bits per heavy atom. The molecule has 0 atom stereocenters. The van der Waals surface area contributed by atoms with Crippen LogP contribution in [0, 0.1) is 0 Å². The van der Waals surface area contributed by atoms with E-state index in [1.165, 1.54) is 0 Å². The fourth-order valence-corrected chi connectivity index (χ4v) is 0.428. The zero-order valence-corrected chi connectivity index (χ0v) is 7.54. The van der Waals surface area contributed by atoms with E-state index in [1.54, 1.807) is 0 Å². The molecule has 0 aliphatic carbocycles. The maximum Gasteiger partial charge on any atom is 0.303 e. The quantitative estimate of drug-likeness (QED) is 0.635. The first-order valence-corrected chi connectivity index (χ1v) is 3.98. The number of hydrogen-bond donors (Lipinski definition) is 2. The summed E-state index contributed by atoms with van der Waals surface area (Å²) in [5, 5.41) is 15.8. The Hall–Kier alpha value is -0.995. The molecule has 0 unspecified atom stereocenters. The summed E-state index contributed by atoms with van der Waals surface area (Å²) in [6.07, 6.45) is 2.05. The smallest absolute Gasteiger partial charge is 0.303 e. The summed E-state index contributed by atoms with van der Waals surface area (Å²) >= 11 is 0. The molecule has 0 aromatic rings. The van der Waals surface area contributed by atoms with Crippen molar-refractivity contribution in [2.45, 2.75) is 39.5 Å². The van der Waals surface area contributed by atoms with Crippen molar-refractivity contribution < 1.29 is 19.8 Å². The molecule has 0 spiro atoms. The van der Waals surface area contributed by atoms with Gasteiger partial charge in [-0.15, -0.1) is 0 Å². The lowest BCUT2D eigenvalue weighted by Gasteiger charge is -1.79. The molecule has 0 aliphatic rings. The lowest BCUT2D eigenvalue weighted by atomic mass is 10.4. The van der Waals surface area contributed by atoms with Gasteiger partial charge >= 0.3 is 11.9 Å². The van der Waals surface area contributed by atoms with Crippen LogP contribution in [0.4, 0.5) is 0 Å². The maximum atomic E-state index is 9.60. The Bertz CT molecular complexity index is 120.